The zero-order valence-electron chi connectivity index (χ0n) is 14.2. The van der Waals surface area contributed by atoms with Crippen LogP contribution in [0.2, 0.25) is 0 Å². The van der Waals surface area contributed by atoms with Gasteiger partial charge in [0.1, 0.15) is 11.9 Å². The summed E-state index contributed by atoms with van der Waals surface area (Å²) in [7, 11) is 0. The van der Waals surface area contributed by atoms with Crippen LogP contribution in [0.3, 0.4) is 0 Å². The first kappa shape index (κ1) is 17.3. The second-order valence-electron chi connectivity index (χ2n) is 5.71. The number of pyridine rings is 1. The van der Waals surface area contributed by atoms with E-state index in [-0.39, 0.29) is 12.6 Å². The van der Waals surface area contributed by atoms with Crippen molar-refractivity contribution in [1.29, 1.82) is 5.26 Å². The first-order valence-corrected chi connectivity index (χ1v) is 8.12. The van der Waals surface area contributed by atoms with Gasteiger partial charge >= 0.3 is 0 Å². The second-order valence-corrected chi connectivity index (χ2v) is 5.71. The number of nitrogens with zero attached hydrogens (tertiary/aromatic N) is 4. The maximum absolute atomic E-state index is 9.28. The molecule has 0 bridgehead atoms. The van der Waals surface area contributed by atoms with E-state index in [0.717, 1.165) is 5.56 Å². The Kier molecular flexibility index (Phi) is 5.37. The molecule has 0 radical (unpaired) electrons. The van der Waals surface area contributed by atoms with Gasteiger partial charge in [-0.05, 0) is 31.2 Å². The van der Waals surface area contributed by atoms with E-state index in [1.54, 1.807) is 24.5 Å². The lowest BCUT2D eigenvalue weighted by Crippen LogP contribution is -2.21. The first-order valence-electron chi connectivity index (χ1n) is 8.12. The average Bonchev–Trinajstić information content (AvgIpc) is 2.69. The number of benzene rings is 1. The lowest BCUT2D eigenvalue weighted by atomic mass is 10.2. The molecule has 0 amide bonds. The van der Waals surface area contributed by atoms with E-state index >= 15 is 0 Å². The maximum Gasteiger partial charge on any atom is 0.225 e. The third-order valence-electron chi connectivity index (χ3n) is 3.66. The molecule has 1 aromatic carbocycles. The van der Waals surface area contributed by atoms with Crippen LogP contribution in [0.15, 0.2) is 54.9 Å². The molecule has 2 aromatic heterocycles. The Morgan fingerprint density at radius 2 is 1.92 bits per heavy atom. The molecule has 26 heavy (non-hydrogen) atoms. The second kappa shape index (κ2) is 8.05. The Bertz CT molecular complexity index is 923. The fourth-order valence-electron chi connectivity index (χ4n) is 2.34. The first-order chi connectivity index (χ1) is 12.7. The SMILES string of the molecule is C[C@H](CO)Nc1nc(Nc2ccccc2C#N)cc(-c2ccncc2)n1. The monoisotopic (exact) mass is 346 g/mol. The zero-order chi connectivity index (χ0) is 18.4. The lowest BCUT2D eigenvalue weighted by Gasteiger charge is -2.14. The Balaban J connectivity index is 2.01. The van der Waals surface area contributed by atoms with Crippen LogP contribution in [-0.2, 0) is 0 Å². The minimum atomic E-state index is -0.193. The van der Waals surface area contributed by atoms with Crippen LogP contribution >= 0.6 is 0 Å². The summed E-state index contributed by atoms with van der Waals surface area (Å²) < 4.78 is 0. The van der Waals surface area contributed by atoms with Gasteiger partial charge in [0.05, 0.1) is 23.6 Å². The molecule has 7 heteroatoms. The molecule has 3 aromatic rings. The summed E-state index contributed by atoms with van der Waals surface area (Å²) in [5.74, 6) is 0.931. The normalized spacial score (nSPS) is 11.4. The fourth-order valence-corrected chi connectivity index (χ4v) is 2.34. The summed E-state index contributed by atoms with van der Waals surface area (Å²) >= 11 is 0. The van der Waals surface area contributed by atoms with E-state index in [1.165, 1.54) is 0 Å². The Morgan fingerprint density at radius 3 is 2.65 bits per heavy atom. The van der Waals surface area contributed by atoms with Crippen LogP contribution in [-0.4, -0.2) is 32.7 Å². The highest BCUT2D eigenvalue weighted by Gasteiger charge is 2.10. The molecule has 0 saturated carbocycles. The van der Waals surface area contributed by atoms with Crippen molar-refractivity contribution in [2.45, 2.75) is 13.0 Å². The highest BCUT2D eigenvalue weighted by molar-refractivity contribution is 5.69. The molecule has 2 heterocycles. The number of hydrogen-bond donors (Lipinski definition) is 3. The summed E-state index contributed by atoms with van der Waals surface area (Å²) in [4.78, 5) is 13.0. The van der Waals surface area contributed by atoms with Gasteiger partial charge in [0, 0.05) is 30.1 Å². The third-order valence-corrected chi connectivity index (χ3v) is 3.66. The molecule has 3 N–H and O–H groups in total. The van der Waals surface area contributed by atoms with E-state index in [9.17, 15) is 10.4 Å². The highest BCUT2D eigenvalue weighted by Crippen LogP contribution is 2.25. The van der Waals surface area contributed by atoms with E-state index in [4.69, 9.17) is 0 Å². The minimum Gasteiger partial charge on any atom is -0.394 e. The van der Waals surface area contributed by atoms with Crippen molar-refractivity contribution in [3.63, 3.8) is 0 Å². The number of anilines is 3. The summed E-state index contributed by atoms with van der Waals surface area (Å²) in [5.41, 5.74) is 2.77. The molecule has 0 fully saturated rings. The number of rotatable bonds is 6. The molecular formula is C19H18N6O. The minimum absolute atomic E-state index is 0.0388. The highest BCUT2D eigenvalue weighted by atomic mass is 16.3. The fraction of sp³-hybridized carbons (Fsp3) is 0.158. The van der Waals surface area contributed by atoms with Gasteiger partial charge in [-0.2, -0.15) is 10.2 Å². The molecule has 0 spiro atoms. The van der Waals surface area contributed by atoms with Gasteiger partial charge in [0.25, 0.3) is 0 Å². The summed E-state index contributed by atoms with van der Waals surface area (Å²) in [6.45, 7) is 1.80. The number of aliphatic hydroxyl groups excluding tert-OH is 1. The summed E-state index contributed by atoms with van der Waals surface area (Å²) in [5, 5.41) is 24.8. The Labute approximate surface area is 151 Å². The van der Waals surface area contributed by atoms with Gasteiger partial charge in [-0.3, -0.25) is 4.98 Å². The number of nitriles is 1. The van der Waals surface area contributed by atoms with Crippen LogP contribution in [0.25, 0.3) is 11.3 Å². The van der Waals surface area contributed by atoms with E-state index < -0.39 is 0 Å². The molecule has 0 saturated heterocycles. The standard InChI is InChI=1S/C19H18N6O/c1-13(12-26)22-19-24-17(14-6-8-21-9-7-14)10-18(25-19)23-16-5-3-2-4-15(16)11-20/h2-10,13,26H,12H2,1H3,(H2,22,23,24,25)/t13-/m1/s1. The molecule has 0 unspecified atom stereocenters. The number of hydrogen-bond acceptors (Lipinski definition) is 7. The van der Waals surface area contributed by atoms with Crippen molar-refractivity contribution in [2.24, 2.45) is 0 Å². The quantitative estimate of drug-likeness (QED) is 0.630. The van der Waals surface area contributed by atoms with Crippen LogP contribution in [0, 0.1) is 11.3 Å². The van der Waals surface area contributed by atoms with Crippen LogP contribution in [0.5, 0.6) is 0 Å². The van der Waals surface area contributed by atoms with Crippen molar-refractivity contribution in [3.8, 4) is 17.3 Å². The molecular weight excluding hydrogens is 328 g/mol. The predicted molar refractivity (Wildman–Crippen MR) is 99.9 cm³/mol. The molecule has 1 atom stereocenters. The average molecular weight is 346 g/mol. The Hall–Kier alpha value is -3.50. The largest absolute Gasteiger partial charge is 0.394 e. The van der Waals surface area contributed by atoms with E-state index in [1.807, 2.05) is 37.3 Å². The van der Waals surface area contributed by atoms with Gasteiger partial charge in [-0.25, -0.2) is 4.98 Å². The van der Waals surface area contributed by atoms with Gasteiger partial charge < -0.3 is 15.7 Å². The summed E-state index contributed by atoms with van der Waals surface area (Å²) in [6, 6.07) is 14.7. The van der Waals surface area contributed by atoms with Crippen molar-refractivity contribution < 1.29 is 5.11 Å². The maximum atomic E-state index is 9.28. The van der Waals surface area contributed by atoms with Gasteiger partial charge in [-0.15, -0.1) is 0 Å². The zero-order valence-corrected chi connectivity index (χ0v) is 14.2. The van der Waals surface area contributed by atoms with Crippen molar-refractivity contribution in [2.75, 3.05) is 17.2 Å². The summed E-state index contributed by atoms with van der Waals surface area (Å²) in [6.07, 6.45) is 3.39. The van der Waals surface area contributed by atoms with Gasteiger partial charge in [-0.1, -0.05) is 12.1 Å². The van der Waals surface area contributed by atoms with Crippen LogP contribution in [0.1, 0.15) is 12.5 Å². The topological polar surface area (TPSA) is 107 Å². The van der Waals surface area contributed by atoms with E-state index in [2.05, 4.69) is 31.7 Å². The van der Waals surface area contributed by atoms with Gasteiger partial charge in [0.15, 0.2) is 0 Å². The van der Waals surface area contributed by atoms with Crippen molar-refractivity contribution >= 4 is 17.5 Å². The number of nitrogens with one attached hydrogen (secondary N) is 2. The molecule has 0 aliphatic carbocycles. The van der Waals surface area contributed by atoms with Crippen LogP contribution < -0.4 is 10.6 Å². The molecule has 0 aliphatic rings. The Morgan fingerprint density at radius 1 is 1.15 bits per heavy atom. The van der Waals surface area contributed by atoms with Crippen molar-refractivity contribution in [1.82, 2.24) is 15.0 Å². The molecule has 3 rings (SSSR count). The predicted octanol–water partition coefficient (Wildman–Crippen LogP) is 2.95. The lowest BCUT2D eigenvalue weighted by molar-refractivity contribution is 0.281. The van der Waals surface area contributed by atoms with Crippen LogP contribution in [0.4, 0.5) is 17.5 Å². The molecule has 130 valence electrons. The smallest absolute Gasteiger partial charge is 0.225 e. The molecule has 0 aliphatic heterocycles. The van der Waals surface area contributed by atoms with Crippen molar-refractivity contribution in [3.05, 3.63) is 60.4 Å². The number of para-hydroxylation sites is 1. The number of aliphatic hydroxyl groups is 1. The van der Waals surface area contributed by atoms with E-state index in [0.29, 0.717) is 28.7 Å². The third kappa shape index (κ3) is 4.12. The number of aromatic nitrogens is 3. The molecule has 7 nitrogen and oxygen atoms in total. The van der Waals surface area contributed by atoms with Gasteiger partial charge in [0.2, 0.25) is 5.95 Å².